The summed E-state index contributed by atoms with van der Waals surface area (Å²) in [7, 11) is 0. The van der Waals surface area contributed by atoms with E-state index >= 15 is 0 Å². The zero-order valence-corrected chi connectivity index (χ0v) is 14.3. The molecule has 1 saturated heterocycles. The molecule has 0 amide bonds. The number of hydrogen-bond donors (Lipinski definition) is 0. The molecule has 4 rings (SSSR count). The molecule has 0 bridgehead atoms. The smallest absolute Gasteiger partial charge is 0.264 e. The van der Waals surface area contributed by atoms with Gasteiger partial charge in [0.25, 0.3) is 5.54 Å². The second kappa shape index (κ2) is 6.15. The van der Waals surface area contributed by atoms with E-state index in [0.717, 1.165) is 36.1 Å². The van der Waals surface area contributed by atoms with E-state index in [-0.39, 0.29) is 11.0 Å². The minimum Gasteiger partial charge on any atom is -0.264 e. The van der Waals surface area contributed by atoms with Crippen LogP contribution in [0.4, 0.5) is 5.69 Å². The zero-order valence-electron chi connectivity index (χ0n) is 14.3. The van der Waals surface area contributed by atoms with Crippen LogP contribution >= 0.6 is 0 Å². The SMILES string of the molecule is Cc1ccc(N2OC3CCCC[C@]3([N+](=O)[O-])[C@@H]2c2ccccc2)cc1. The second-order valence-electron chi connectivity index (χ2n) is 7.06. The minimum absolute atomic E-state index is 0.0807. The highest BCUT2D eigenvalue weighted by atomic mass is 16.7. The highest BCUT2D eigenvalue weighted by Gasteiger charge is 2.66. The first-order valence-electron chi connectivity index (χ1n) is 8.85. The van der Waals surface area contributed by atoms with Crippen LogP contribution in [0.1, 0.15) is 42.9 Å². The van der Waals surface area contributed by atoms with Crippen LogP contribution in [0.2, 0.25) is 0 Å². The van der Waals surface area contributed by atoms with Gasteiger partial charge in [0.15, 0.2) is 12.1 Å². The lowest BCUT2D eigenvalue weighted by molar-refractivity contribution is -0.582. The molecule has 5 nitrogen and oxygen atoms in total. The first-order chi connectivity index (χ1) is 12.1. The van der Waals surface area contributed by atoms with E-state index in [1.807, 2.05) is 61.5 Å². The highest BCUT2D eigenvalue weighted by molar-refractivity contribution is 5.50. The van der Waals surface area contributed by atoms with Crippen molar-refractivity contribution >= 4 is 5.69 Å². The minimum atomic E-state index is -1.09. The predicted octanol–water partition coefficient (Wildman–Crippen LogP) is 4.45. The Labute approximate surface area is 147 Å². The number of nitro groups is 1. The largest absolute Gasteiger partial charge is 0.276 e. The van der Waals surface area contributed by atoms with Gasteiger partial charge in [-0.2, -0.15) is 0 Å². The van der Waals surface area contributed by atoms with Crippen molar-refractivity contribution < 1.29 is 9.76 Å². The van der Waals surface area contributed by atoms with E-state index in [9.17, 15) is 10.1 Å². The number of fused-ring (bicyclic) bond motifs is 1. The van der Waals surface area contributed by atoms with Crippen molar-refractivity contribution in [2.24, 2.45) is 0 Å². The lowest BCUT2D eigenvalue weighted by Gasteiger charge is -2.33. The molecule has 130 valence electrons. The number of nitrogens with zero attached hydrogens (tertiary/aromatic N) is 2. The molecule has 1 aliphatic carbocycles. The molecule has 0 radical (unpaired) electrons. The quantitative estimate of drug-likeness (QED) is 0.613. The lowest BCUT2D eigenvalue weighted by Crippen LogP contribution is -2.52. The Morgan fingerprint density at radius 2 is 1.84 bits per heavy atom. The van der Waals surface area contributed by atoms with Gasteiger partial charge in [-0.15, -0.1) is 0 Å². The summed E-state index contributed by atoms with van der Waals surface area (Å²) < 4.78 is 0. The summed E-state index contributed by atoms with van der Waals surface area (Å²) in [5, 5.41) is 14.1. The Bertz CT molecular complexity index is 762. The van der Waals surface area contributed by atoms with Crippen LogP contribution in [0.15, 0.2) is 54.6 Å². The number of aryl methyl sites for hydroxylation is 1. The average molecular weight is 338 g/mol. The standard InChI is InChI=1S/C20H22N2O3/c1-15-10-12-17(13-11-15)21-19(16-7-3-2-4-8-16)20(22(23)24)14-6-5-9-18(20)25-21/h2-4,7-8,10-13,18-19H,5-6,9,14H2,1H3/t18?,19-,20+/m0/s1. The van der Waals surface area contributed by atoms with Crippen molar-refractivity contribution in [3.05, 3.63) is 75.8 Å². The maximum Gasteiger partial charge on any atom is 0.276 e. The molecule has 3 atom stereocenters. The first kappa shape index (κ1) is 16.1. The van der Waals surface area contributed by atoms with Crippen LogP contribution < -0.4 is 5.06 Å². The fourth-order valence-corrected chi connectivity index (χ4v) is 4.28. The summed E-state index contributed by atoms with van der Waals surface area (Å²) >= 11 is 0. The molecule has 5 heteroatoms. The average Bonchev–Trinajstić information content (AvgIpc) is 2.99. The summed E-state index contributed by atoms with van der Waals surface area (Å²) in [4.78, 5) is 18.4. The van der Waals surface area contributed by atoms with E-state index in [4.69, 9.17) is 4.84 Å². The van der Waals surface area contributed by atoms with Gasteiger partial charge in [0.2, 0.25) is 0 Å². The summed E-state index contributed by atoms with van der Waals surface area (Å²) in [6.07, 6.45) is 2.73. The third-order valence-corrected chi connectivity index (χ3v) is 5.54. The van der Waals surface area contributed by atoms with E-state index in [2.05, 4.69) is 0 Å². The van der Waals surface area contributed by atoms with Crippen molar-refractivity contribution in [2.45, 2.75) is 50.3 Å². The van der Waals surface area contributed by atoms with Gasteiger partial charge in [-0.3, -0.25) is 15.0 Å². The van der Waals surface area contributed by atoms with Gasteiger partial charge in [-0.25, -0.2) is 5.06 Å². The Kier molecular flexibility index (Phi) is 3.96. The number of benzene rings is 2. The molecular weight excluding hydrogens is 316 g/mol. The Morgan fingerprint density at radius 3 is 2.52 bits per heavy atom. The second-order valence-corrected chi connectivity index (χ2v) is 7.06. The third kappa shape index (κ3) is 2.50. The summed E-state index contributed by atoms with van der Waals surface area (Å²) in [5.74, 6) is 0. The summed E-state index contributed by atoms with van der Waals surface area (Å²) in [6.45, 7) is 2.03. The molecule has 1 unspecified atom stereocenters. The Balaban J connectivity index is 1.86. The molecule has 2 aromatic carbocycles. The fourth-order valence-electron chi connectivity index (χ4n) is 4.28. The summed E-state index contributed by atoms with van der Waals surface area (Å²) in [5.41, 5.74) is 1.87. The van der Waals surface area contributed by atoms with Gasteiger partial charge in [-0.05, 0) is 37.5 Å². The third-order valence-electron chi connectivity index (χ3n) is 5.54. The van der Waals surface area contributed by atoms with Crippen LogP contribution in [0, 0.1) is 17.0 Å². The van der Waals surface area contributed by atoms with Crippen molar-refractivity contribution in [1.29, 1.82) is 0 Å². The molecule has 1 heterocycles. The van der Waals surface area contributed by atoms with E-state index < -0.39 is 11.6 Å². The van der Waals surface area contributed by atoms with E-state index in [1.165, 1.54) is 0 Å². The fraction of sp³-hybridized carbons (Fsp3) is 0.400. The van der Waals surface area contributed by atoms with Crippen molar-refractivity contribution in [3.8, 4) is 0 Å². The van der Waals surface area contributed by atoms with E-state index in [0.29, 0.717) is 6.42 Å². The zero-order chi connectivity index (χ0) is 17.4. The van der Waals surface area contributed by atoms with Crippen LogP contribution in [0.5, 0.6) is 0 Å². The van der Waals surface area contributed by atoms with Gasteiger partial charge in [-0.1, -0.05) is 54.4 Å². The number of hydrogen-bond acceptors (Lipinski definition) is 4. The van der Waals surface area contributed by atoms with Gasteiger partial charge >= 0.3 is 0 Å². The van der Waals surface area contributed by atoms with E-state index in [1.54, 1.807) is 5.06 Å². The molecule has 1 aliphatic heterocycles. The molecule has 2 aromatic rings. The van der Waals surface area contributed by atoms with Crippen LogP contribution in [0.25, 0.3) is 0 Å². The van der Waals surface area contributed by atoms with Crippen LogP contribution in [-0.2, 0) is 4.84 Å². The Morgan fingerprint density at radius 1 is 1.12 bits per heavy atom. The van der Waals surface area contributed by atoms with Crippen molar-refractivity contribution in [3.63, 3.8) is 0 Å². The topological polar surface area (TPSA) is 55.6 Å². The Hall–Kier alpha value is -2.40. The monoisotopic (exact) mass is 338 g/mol. The van der Waals surface area contributed by atoms with Crippen LogP contribution in [0.3, 0.4) is 0 Å². The molecule has 25 heavy (non-hydrogen) atoms. The maximum absolute atomic E-state index is 12.3. The molecule has 1 saturated carbocycles. The van der Waals surface area contributed by atoms with Crippen LogP contribution in [-0.4, -0.2) is 16.6 Å². The highest BCUT2D eigenvalue weighted by Crippen LogP contribution is 2.52. The molecule has 0 N–H and O–H groups in total. The number of rotatable bonds is 3. The lowest BCUT2D eigenvalue weighted by atomic mass is 9.73. The van der Waals surface area contributed by atoms with Gasteiger partial charge in [0.05, 0.1) is 5.69 Å². The van der Waals surface area contributed by atoms with Gasteiger partial charge in [0, 0.05) is 11.3 Å². The number of anilines is 1. The normalized spacial score (nSPS) is 28.6. The molecule has 0 spiro atoms. The summed E-state index contributed by atoms with van der Waals surface area (Å²) in [6, 6.07) is 17.3. The first-order valence-corrected chi connectivity index (χ1v) is 8.85. The van der Waals surface area contributed by atoms with Gasteiger partial charge < -0.3 is 0 Å². The molecular formula is C20H22N2O3. The van der Waals surface area contributed by atoms with Crippen molar-refractivity contribution in [2.75, 3.05) is 5.06 Å². The van der Waals surface area contributed by atoms with Gasteiger partial charge in [0.1, 0.15) is 0 Å². The predicted molar refractivity (Wildman–Crippen MR) is 95.9 cm³/mol. The molecule has 2 aliphatic rings. The maximum atomic E-state index is 12.3. The molecule has 0 aromatic heterocycles. The number of hydroxylamine groups is 1. The molecule has 2 fully saturated rings. The van der Waals surface area contributed by atoms with Crippen molar-refractivity contribution in [1.82, 2.24) is 0 Å².